The molecule has 0 fully saturated rings. The maximum absolute atomic E-state index is 13.7. The van der Waals surface area contributed by atoms with Gasteiger partial charge in [-0.15, -0.1) is 0 Å². The minimum Gasteiger partial charge on any atom is -0.497 e. The summed E-state index contributed by atoms with van der Waals surface area (Å²) in [5.74, 6) is 1.30. The molecule has 0 unspecified atom stereocenters. The number of anilines is 1. The van der Waals surface area contributed by atoms with Gasteiger partial charge in [0.1, 0.15) is 11.5 Å². The smallest absolute Gasteiger partial charge is 0.331 e. The lowest BCUT2D eigenvalue weighted by atomic mass is 9.98. The molecule has 0 amide bonds. The Balaban J connectivity index is 1.84. The quantitative estimate of drug-likeness (QED) is 0.405. The van der Waals surface area contributed by atoms with Crippen LogP contribution in [-0.4, -0.2) is 27.9 Å². The van der Waals surface area contributed by atoms with Crippen molar-refractivity contribution in [1.29, 1.82) is 0 Å². The van der Waals surface area contributed by atoms with E-state index in [0.29, 0.717) is 22.4 Å². The number of ether oxygens (including phenoxy) is 2. The molecule has 0 radical (unpaired) electrons. The average Bonchev–Trinajstić information content (AvgIpc) is 3.31. The molecule has 2 aromatic heterocycles. The molecule has 8 heteroatoms. The summed E-state index contributed by atoms with van der Waals surface area (Å²) in [4.78, 5) is 26.9. The van der Waals surface area contributed by atoms with Crippen molar-refractivity contribution in [2.45, 2.75) is 6.04 Å². The standard InChI is InChI=1S/C29H26N4O4/c1-31-26-23(28(34)32(2)29(31)35)25(17-10-6-5-7-11-17)33-21-13-9-8-12-20(21)30-24(27(26)33)19-15-14-18(36-3)16-22(19)37-4/h5-16,24,30H,1-4H3/t24-/m0/s1. The summed E-state index contributed by atoms with van der Waals surface area (Å²) in [5, 5.41) is 4.14. The molecule has 186 valence electrons. The molecule has 1 atom stereocenters. The van der Waals surface area contributed by atoms with Gasteiger partial charge in [0.25, 0.3) is 5.56 Å². The van der Waals surface area contributed by atoms with Crippen molar-refractivity contribution in [3.05, 3.63) is 105 Å². The van der Waals surface area contributed by atoms with E-state index in [0.717, 1.165) is 33.9 Å². The second kappa shape index (κ2) is 8.44. The van der Waals surface area contributed by atoms with Crippen LogP contribution in [0.1, 0.15) is 17.3 Å². The number of aromatic nitrogens is 3. The van der Waals surface area contributed by atoms with E-state index >= 15 is 0 Å². The normalized spacial score (nSPS) is 14.1. The van der Waals surface area contributed by atoms with Gasteiger partial charge in [0.05, 0.1) is 53.9 Å². The van der Waals surface area contributed by atoms with E-state index < -0.39 is 6.04 Å². The van der Waals surface area contributed by atoms with Crippen molar-refractivity contribution in [1.82, 2.24) is 13.7 Å². The maximum Gasteiger partial charge on any atom is 0.331 e. The summed E-state index contributed by atoms with van der Waals surface area (Å²) < 4.78 is 16.1. The zero-order chi connectivity index (χ0) is 25.8. The van der Waals surface area contributed by atoms with Crippen LogP contribution in [0.2, 0.25) is 0 Å². The van der Waals surface area contributed by atoms with Crippen LogP contribution >= 0.6 is 0 Å². The first kappa shape index (κ1) is 22.7. The number of nitrogens with zero attached hydrogens (tertiary/aromatic N) is 3. The van der Waals surface area contributed by atoms with Crippen molar-refractivity contribution in [3.8, 4) is 28.4 Å². The Bertz CT molecular complexity index is 1800. The van der Waals surface area contributed by atoms with Crippen LogP contribution in [0, 0.1) is 0 Å². The highest BCUT2D eigenvalue weighted by Crippen LogP contribution is 2.47. The third kappa shape index (κ3) is 3.22. The number of rotatable bonds is 4. The monoisotopic (exact) mass is 494 g/mol. The Morgan fingerprint density at radius 2 is 1.57 bits per heavy atom. The van der Waals surface area contributed by atoms with E-state index in [9.17, 15) is 9.59 Å². The molecule has 1 aliphatic rings. The van der Waals surface area contributed by atoms with E-state index in [2.05, 4.69) is 9.88 Å². The molecule has 3 heterocycles. The molecule has 0 saturated carbocycles. The lowest BCUT2D eigenvalue weighted by Gasteiger charge is -2.32. The molecule has 5 aromatic rings. The molecule has 3 aromatic carbocycles. The summed E-state index contributed by atoms with van der Waals surface area (Å²) in [6.45, 7) is 0. The third-order valence-electron chi connectivity index (χ3n) is 7.13. The number of para-hydroxylation sites is 2. The first-order valence-corrected chi connectivity index (χ1v) is 11.9. The van der Waals surface area contributed by atoms with Crippen LogP contribution in [0.5, 0.6) is 11.5 Å². The van der Waals surface area contributed by atoms with Crippen molar-refractivity contribution >= 4 is 16.6 Å². The van der Waals surface area contributed by atoms with Crippen LogP contribution < -0.4 is 26.0 Å². The Morgan fingerprint density at radius 3 is 2.30 bits per heavy atom. The molecule has 0 aliphatic carbocycles. The van der Waals surface area contributed by atoms with Crippen molar-refractivity contribution in [2.24, 2.45) is 14.1 Å². The molecule has 0 bridgehead atoms. The summed E-state index contributed by atoms with van der Waals surface area (Å²) in [6, 6.07) is 23.0. The number of benzene rings is 3. The number of hydrogen-bond donors (Lipinski definition) is 1. The Kier molecular flexibility index (Phi) is 5.19. The molecule has 1 N–H and O–H groups in total. The molecular weight excluding hydrogens is 468 g/mol. The predicted molar refractivity (Wildman–Crippen MR) is 144 cm³/mol. The Hall–Kier alpha value is -4.72. The molecule has 0 saturated heterocycles. The van der Waals surface area contributed by atoms with Crippen LogP contribution in [0.3, 0.4) is 0 Å². The van der Waals surface area contributed by atoms with Crippen LogP contribution in [0.15, 0.2) is 82.4 Å². The first-order valence-electron chi connectivity index (χ1n) is 11.9. The fraction of sp³-hybridized carbons (Fsp3) is 0.172. The summed E-state index contributed by atoms with van der Waals surface area (Å²) in [6.07, 6.45) is 0. The number of methoxy groups -OCH3 is 2. The molecule has 6 rings (SSSR count). The van der Waals surface area contributed by atoms with Gasteiger partial charge in [-0.25, -0.2) is 4.79 Å². The van der Waals surface area contributed by atoms with E-state index in [-0.39, 0.29) is 11.2 Å². The van der Waals surface area contributed by atoms with Crippen molar-refractivity contribution < 1.29 is 9.47 Å². The van der Waals surface area contributed by atoms with Gasteiger partial charge in [-0.1, -0.05) is 42.5 Å². The summed E-state index contributed by atoms with van der Waals surface area (Å²) >= 11 is 0. The van der Waals surface area contributed by atoms with Gasteiger partial charge < -0.3 is 19.4 Å². The Morgan fingerprint density at radius 1 is 0.838 bits per heavy atom. The van der Waals surface area contributed by atoms with Gasteiger partial charge in [0.15, 0.2) is 0 Å². The van der Waals surface area contributed by atoms with Gasteiger partial charge in [-0.2, -0.15) is 0 Å². The van der Waals surface area contributed by atoms with E-state index in [1.165, 1.54) is 11.6 Å². The van der Waals surface area contributed by atoms with Gasteiger partial charge in [0, 0.05) is 25.7 Å². The number of aryl methyl sites for hydroxylation is 1. The Labute approximate surface area is 212 Å². The fourth-order valence-corrected chi connectivity index (χ4v) is 5.38. The molecular formula is C29H26N4O4. The summed E-state index contributed by atoms with van der Waals surface area (Å²) in [5.41, 5.74) is 4.92. The van der Waals surface area contributed by atoms with Gasteiger partial charge in [0.2, 0.25) is 0 Å². The molecule has 1 aliphatic heterocycles. The van der Waals surface area contributed by atoms with Crippen molar-refractivity contribution in [2.75, 3.05) is 19.5 Å². The zero-order valence-corrected chi connectivity index (χ0v) is 21.0. The fourth-order valence-electron chi connectivity index (χ4n) is 5.38. The summed E-state index contributed by atoms with van der Waals surface area (Å²) in [7, 11) is 6.46. The SMILES string of the molecule is COc1ccc([C@@H]2Nc3ccccc3-n3c(-c4ccccc4)c4c(=O)n(C)c(=O)n(C)c4c32)c(OC)c1. The first-order chi connectivity index (χ1) is 18.0. The highest BCUT2D eigenvalue weighted by molar-refractivity contribution is 5.99. The molecule has 8 nitrogen and oxygen atoms in total. The van der Waals surface area contributed by atoms with Gasteiger partial charge >= 0.3 is 5.69 Å². The van der Waals surface area contributed by atoms with Gasteiger partial charge in [-0.3, -0.25) is 13.9 Å². The highest BCUT2D eigenvalue weighted by atomic mass is 16.5. The molecule has 0 spiro atoms. The van der Waals surface area contributed by atoms with Crippen LogP contribution in [0.4, 0.5) is 5.69 Å². The average molecular weight is 495 g/mol. The number of hydrogen-bond acceptors (Lipinski definition) is 5. The zero-order valence-electron chi connectivity index (χ0n) is 21.0. The third-order valence-corrected chi connectivity index (χ3v) is 7.13. The topological polar surface area (TPSA) is 79.4 Å². The molecule has 37 heavy (non-hydrogen) atoms. The van der Waals surface area contributed by atoms with Crippen molar-refractivity contribution in [3.63, 3.8) is 0 Å². The van der Waals surface area contributed by atoms with Gasteiger partial charge in [-0.05, 0) is 29.8 Å². The minimum absolute atomic E-state index is 0.336. The van der Waals surface area contributed by atoms with E-state index in [1.807, 2.05) is 72.8 Å². The lowest BCUT2D eigenvalue weighted by Crippen LogP contribution is -2.37. The minimum atomic E-state index is -0.423. The lowest BCUT2D eigenvalue weighted by molar-refractivity contribution is 0.390. The highest BCUT2D eigenvalue weighted by Gasteiger charge is 2.35. The van der Waals surface area contributed by atoms with E-state index in [1.54, 1.807) is 25.8 Å². The van der Waals surface area contributed by atoms with Crippen LogP contribution in [0.25, 0.3) is 27.8 Å². The van der Waals surface area contributed by atoms with E-state index in [4.69, 9.17) is 9.47 Å². The second-order valence-electron chi connectivity index (χ2n) is 9.07. The predicted octanol–water partition coefficient (Wildman–Crippen LogP) is 4.23. The van der Waals surface area contributed by atoms with Crippen LogP contribution in [-0.2, 0) is 14.1 Å². The largest absolute Gasteiger partial charge is 0.497 e. The number of fused-ring (bicyclic) bond motifs is 5. The number of nitrogens with one attached hydrogen (secondary N) is 1. The maximum atomic E-state index is 13.7. The second-order valence-corrected chi connectivity index (χ2v) is 9.07.